The summed E-state index contributed by atoms with van der Waals surface area (Å²) in [6, 6.07) is 0. The molecular formula is C14H14F2O4. The number of rotatable bonds is 2. The van der Waals surface area contributed by atoms with Gasteiger partial charge in [0.15, 0.2) is 0 Å². The van der Waals surface area contributed by atoms with Gasteiger partial charge < -0.3 is 9.84 Å². The van der Waals surface area contributed by atoms with Gasteiger partial charge in [0.1, 0.15) is 0 Å². The third-order valence-electron chi connectivity index (χ3n) is 6.91. The van der Waals surface area contributed by atoms with Crippen LogP contribution < -0.4 is 0 Å². The Balaban J connectivity index is 1.63. The number of fused-ring (bicyclic) bond motifs is 1. The van der Waals surface area contributed by atoms with Gasteiger partial charge >= 0.3 is 11.9 Å². The first kappa shape index (κ1) is 11.5. The van der Waals surface area contributed by atoms with Crippen LogP contribution in [0.1, 0.15) is 0 Å². The maximum Gasteiger partial charge on any atom is 0.309 e. The van der Waals surface area contributed by atoms with Crippen LogP contribution in [0.2, 0.25) is 0 Å². The summed E-state index contributed by atoms with van der Waals surface area (Å²) < 4.78 is 33.2. The molecule has 108 valence electrons. The average Bonchev–Trinajstić information content (AvgIpc) is 3.25. The molecule has 7 aliphatic carbocycles. The summed E-state index contributed by atoms with van der Waals surface area (Å²) in [7, 11) is 1.24. The van der Waals surface area contributed by atoms with Crippen molar-refractivity contribution < 1.29 is 28.2 Å². The van der Waals surface area contributed by atoms with E-state index in [-0.39, 0.29) is 35.5 Å². The minimum absolute atomic E-state index is 0.144. The largest absolute Gasteiger partial charge is 0.481 e. The fourth-order valence-corrected chi connectivity index (χ4v) is 6.66. The quantitative estimate of drug-likeness (QED) is 0.772. The summed E-state index contributed by atoms with van der Waals surface area (Å²) in [5.74, 6) is -8.09. The lowest BCUT2D eigenvalue weighted by atomic mass is 9.58. The van der Waals surface area contributed by atoms with Gasteiger partial charge in [-0.15, -0.1) is 0 Å². The van der Waals surface area contributed by atoms with E-state index < -0.39 is 41.5 Å². The van der Waals surface area contributed by atoms with Crippen molar-refractivity contribution in [3.05, 3.63) is 0 Å². The molecule has 7 aliphatic rings. The monoisotopic (exact) mass is 284 g/mol. The van der Waals surface area contributed by atoms with E-state index in [0.717, 1.165) is 0 Å². The lowest BCUT2D eigenvalue weighted by Gasteiger charge is -2.44. The molecule has 8 atom stereocenters. The number of methoxy groups -OCH3 is 1. The van der Waals surface area contributed by atoms with E-state index >= 15 is 0 Å². The van der Waals surface area contributed by atoms with Gasteiger partial charge in [-0.25, -0.2) is 8.78 Å². The van der Waals surface area contributed by atoms with Crippen LogP contribution in [0, 0.1) is 59.2 Å². The molecule has 0 radical (unpaired) electrons. The molecule has 0 spiro atoms. The van der Waals surface area contributed by atoms with E-state index in [1.807, 2.05) is 0 Å². The molecule has 4 nitrogen and oxygen atoms in total. The van der Waals surface area contributed by atoms with E-state index in [1.54, 1.807) is 0 Å². The van der Waals surface area contributed by atoms with Crippen LogP contribution in [-0.2, 0) is 14.3 Å². The van der Waals surface area contributed by atoms with Crippen LogP contribution in [0.5, 0.6) is 0 Å². The molecule has 0 saturated heterocycles. The van der Waals surface area contributed by atoms with Gasteiger partial charge in [-0.1, -0.05) is 0 Å². The summed E-state index contributed by atoms with van der Waals surface area (Å²) in [6.45, 7) is 0. The van der Waals surface area contributed by atoms with Crippen molar-refractivity contribution in [1.82, 2.24) is 0 Å². The number of carbonyl (C=O) groups excluding carboxylic acids is 1. The SMILES string of the molecule is COC(=O)[C@H]1C(C(=O)O)C2C3C4C1C1C2C1C(F)(F)C34. The molecule has 0 amide bonds. The molecule has 7 rings (SSSR count). The van der Waals surface area contributed by atoms with E-state index in [4.69, 9.17) is 4.74 Å². The highest BCUT2D eigenvalue weighted by molar-refractivity contribution is 5.83. The van der Waals surface area contributed by atoms with Gasteiger partial charge in [0, 0.05) is 11.8 Å². The second-order valence-corrected chi connectivity index (χ2v) is 7.10. The molecule has 0 aromatic rings. The molecule has 0 aromatic carbocycles. The molecule has 0 heterocycles. The van der Waals surface area contributed by atoms with Crippen LogP contribution in [0.3, 0.4) is 0 Å². The number of alkyl halides is 2. The molecule has 7 fully saturated rings. The second kappa shape index (κ2) is 2.88. The predicted octanol–water partition coefficient (Wildman–Crippen LogP) is 1.11. The lowest BCUT2D eigenvalue weighted by Crippen LogP contribution is -2.50. The first-order valence-electron chi connectivity index (χ1n) is 7.11. The fraction of sp³-hybridized carbons (Fsp3) is 0.857. The highest BCUT2D eigenvalue weighted by Gasteiger charge is 2.93. The fourth-order valence-electron chi connectivity index (χ4n) is 6.66. The third-order valence-corrected chi connectivity index (χ3v) is 6.91. The van der Waals surface area contributed by atoms with Gasteiger partial charge in [-0.2, -0.15) is 0 Å². The molecule has 6 heteroatoms. The molecule has 7 saturated carbocycles. The molecule has 0 aromatic heterocycles. The Kier molecular flexibility index (Phi) is 1.65. The number of carboxylic acids is 1. The number of ether oxygens (including phenoxy) is 1. The Labute approximate surface area is 113 Å². The molecular weight excluding hydrogens is 270 g/mol. The summed E-state index contributed by atoms with van der Waals surface area (Å²) in [6.07, 6.45) is 0. The zero-order valence-electron chi connectivity index (χ0n) is 10.7. The Bertz CT molecular complexity index is 535. The lowest BCUT2D eigenvalue weighted by molar-refractivity contribution is -0.169. The molecule has 8 bridgehead atoms. The number of carboxylic acid groups (broad SMARTS) is 1. The molecule has 0 aliphatic heterocycles. The Morgan fingerprint density at radius 3 is 1.80 bits per heavy atom. The van der Waals surface area contributed by atoms with Crippen molar-refractivity contribution in [2.45, 2.75) is 5.92 Å². The van der Waals surface area contributed by atoms with Crippen LogP contribution >= 0.6 is 0 Å². The van der Waals surface area contributed by atoms with Gasteiger partial charge in [0.05, 0.1) is 18.9 Å². The second-order valence-electron chi connectivity index (χ2n) is 7.10. The van der Waals surface area contributed by atoms with E-state index in [9.17, 15) is 23.5 Å². The summed E-state index contributed by atoms with van der Waals surface area (Å²) >= 11 is 0. The smallest absolute Gasteiger partial charge is 0.309 e. The average molecular weight is 284 g/mol. The van der Waals surface area contributed by atoms with Crippen molar-refractivity contribution in [2.75, 3.05) is 7.11 Å². The topological polar surface area (TPSA) is 63.6 Å². The van der Waals surface area contributed by atoms with E-state index in [0.29, 0.717) is 0 Å². The van der Waals surface area contributed by atoms with Crippen LogP contribution in [0.25, 0.3) is 0 Å². The number of hydrogen-bond acceptors (Lipinski definition) is 3. The first-order valence-corrected chi connectivity index (χ1v) is 7.11. The standard InChI is InChI=1S/C14H14F2O4/c1-20-13(19)9-3-6-4-2(8(9)12(17)18)5-7(3)11(5)14(15,16)10(4)6/h2-11H,1H3,(H,17,18)/t2?,3?,4?,5?,6?,7?,8?,9-,10?,11?/m1/s1. The van der Waals surface area contributed by atoms with E-state index in [2.05, 4.69) is 0 Å². The highest BCUT2D eigenvalue weighted by Crippen LogP contribution is 2.90. The maximum atomic E-state index is 14.2. The summed E-state index contributed by atoms with van der Waals surface area (Å²) in [4.78, 5) is 23.6. The van der Waals surface area contributed by atoms with Gasteiger partial charge in [-0.05, 0) is 35.5 Å². The Morgan fingerprint density at radius 1 is 0.950 bits per heavy atom. The molecule has 20 heavy (non-hydrogen) atoms. The van der Waals surface area contributed by atoms with Crippen LogP contribution in [-0.4, -0.2) is 30.1 Å². The summed E-state index contributed by atoms with van der Waals surface area (Å²) in [5.41, 5.74) is 0. The first-order chi connectivity index (χ1) is 9.42. The van der Waals surface area contributed by atoms with Crippen molar-refractivity contribution >= 4 is 11.9 Å². The number of halogens is 2. The van der Waals surface area contributed by atoms with Gasteiger partial charge in [0.25, 0.3) is 5.92 Å². The minimum Gasteiger partial charge on any atom is -0.481 e. The van der Waals surface area contributed by atoms with E-state index in [1.165, 1.54) is 7.11 Å². The maximum absolute atomic E-state index is 14.2. The van der Waals surface area contributed by atoms with Crippen LogP contribution in [0.4, 0.5) is 8.78 Å². The number of carbonyl (C=O) groups is 2. The zero-order valence-corrected chi connectivity index (χ0v) is 10.7. The summed E-state index contributed by atoms with van der Waals surface area (Å²) in [5, 5.41) is 9.48. The third kappa shape index (κ3) is 0.886. The molecule has 7 unspecified atom stereocenters. The molecule has 1 N–H and O–H groups in total. The normalized spacial score (nSPS) is 61.8. The zero-order chi connectivity index (χ0) is 14.1. The van der Waals surface area contributed by atoms with Crippen molar-refractivity contribution in [2.24, 2.45) is 59.2 Å². The van der Waals surface area contributed by atoms with Gasteiger partial charge in [-0.3, -0.25) is 9.59 Å². The number of esters is 1. The van der Waals surface area contributed by atoms with Crippen molar-refractivity contribution in [3.63, 3.8) is 0 Å². The number of aliphatic carboxylic acids is 1. The highest BCUT2D eigenvalue weighted by atomic mass is 19.3. The Morgan fingerprint density at radius 2 is 1.40 bits per heavy atom. The number of hydrogen-bond donors (Lipinski definition) is 1. The van der Waals surface area contributed by atoms with Gasteiger partial charge in [0.2, 0.25) is 0 Å². The predicted molar refractivity (Wildman–Crippen MR) is 59.5 cm³/mol. The Hall–Kier alpha value is -1.20. The minimum atomic E-state index is -2.63. The van der Waals surface area contributed by atoms with Crippen LogP contribution in [0.15, 0.2) is 0 Å². The van der Waals surface area contributed by atoms with Crippen molar-refractivity contribution in [1.29, 1.82) is 0 Å². The van der Waals surface area contributed by atoms with Crippen molar-refractivity contribution in [3.8, 4) is 0 Å².